The van der Waals surface area contributed by atoms with Gasteiger partial charge in [0.1, 0.15) is 35.5 Å². The van der Waals surface area contributed by atoms with Gasteiger partial charge in [-0.3, -0.25) is 28.6 Å². The third-order valence-corrected chi connectivity index (χ3v) is 14.4. The van der Waals surface area contributed by atoms with E-state index in [9.17, 15) is 24.0 Å². The lowest BCUT2D eigenvalue weighted by molar-refractivity contribution is -0.154. The highest BCUT2D eigenvalue weighted by Crippen LogP contribution is 2.43. The second kappa shape index (κ2) is 20.6. The number of aromatic amines is 1. The van der Waals surface area contributed by atoms with Crippen molar-refractivity contribution in [2.45, 2.75) is 28.2 Å². The number of amides is 2. The predicted molar refractivity (Wildman–Crippen MR) is 266 cm³/mol. The number of anilines is 1. The van der Waals surface area contributed by atoms with E-state index in [0.717, 1.165) is 33.0 Å². The van der Waals surface area contributed by atoms with Gasteiger partial charge in [0.15, 0.2) is 22.1 Å². The maximum Gasteiger partial charge on any atom is 0.356 e. The zero-order valence-corrected chi connectivity index (χ0v) is 39.4. The SMILES string of the molecule is CO/N=C(/C(=O)NC1C(=O)N2C(C(=O)OC(c3ccccc3)c3ccccc3)=C(/C=C/Sc3n[nH]c(=O)c(=O)n3C)CSC12)c1csc(NC(c2ccccc2)(c2ccccc2)c2ccccc2)n1. The van der Waals surface area contributed by atoms with Gasteiger partial charge in [0, 0.05) is 18.2 Å². The summed E-state index contributed by atoms with van der Waals surface area (Å²) in [5.41, 5.74) is 2.27. The van der Waals surface area contributed by atoms with Crippen molar-refractivity contribution in [1.82, 2.24) is 30.0 Å². The number of thioether (sulfide) groups is 2. The summed E-state index contributed by atoms with van der Waals surface area (Å²) in [6.45, 7) is 0. The summed E-state index contributed by atoms with van der Waals surface area (Å²) in [5, 5.41) is 20.1. The summed E-state index contributed by atoms with van der Waals surface area (Å²) in [4.78, 5) is 78.7. The average molecular weight is 975 g/mol. The van der Waals surface area contributed by atoms with Crippen molar-refractivity contribution >= 4 is 63.5 Å². The molecule has 2 atom stereocenters. The van der Waals surface area contributed by atoms with E-state index in [1.807, 2.05) is 115 Å². The monoisotopic (exact) mass is 974 g/mol. The van der Waals surface area contributed by atoms with Crippen molar-refractivity contribution in [3.8, 4) is 0 Å². The van der Waals surface area contributed by atoms with Crippen molar-refractivity contribution in [2.24, 2.45) is 12.2 Å². The zero-order valence-electron chi connectivity index (χ0n) is 36.9. The lowest BCUT2D eigenvalue weighted by atomic mass is 9.77. The lowest BCUT2D eigenvalue weighted by Crippen LogP contribution is -2.71. The molecule has 1 fully saturated rings. The second-order valence-corrected chi connectivity index (χ2v) is 18.4. The highest BCUT2D eigenvalue weighted by Gasteiger charge is 2.55. The Labute approximate surface area is 408 Å². The van der Waals surface area contributed by atoms with Gasteiger partial charge >= 0.3 is 17.1 Å². The molecule has 5 aromatic carbocycles. The van der Waals surface area contributed by atoms with Gasteiger partial charge < -0.3 is 20.2 Å². The molecule has 2 aliphatic heterocycles. The number of allylic oxidation sites excluding steroid dienone is 1. The summed E-state index contributed by atoms with van der Waals surface area (Å²) in [7, 11) is 2.74. The lowest BCUT2D eigenvalue weighted by Gasteiger charge is -2.49. The van der Waals surface area contributed by atoms with Crippen LogP contribution < -0.4 is 21.8 Å². The molecule has 0 bridgehead atoms. The van der Waals surface area contributed by atoms with E-state index in [0.29, 0.717) is 21.8 Å². The van der Waals surface area contributed by atoms with E-state index in [4.69, 9.17) is 14.6 Å². The Morgan fingerprint density at radius 2 is 1.39 bits per heavy atom. The maximum atomic E-state index is 14.6. The minimum absolute atomic E-state index is 0.00832. The molecule has 0 radical (unpaired) electrons. The van der Waals surface area contributed by atoms with Crippen LogP contribution in [0.4, 0.5) is 5.13 Å². The van der Waals surface area contributed by atoms with Crippen molar-refractivity contribution in [1.29, 1.82) is 0 Å². The molecule has 18 heteroatoms. The van der Waals surface area contributed by atoms with Gasteiger partial charge in [0.2, 0.25) is 0 Å². The Kier molecular flexibility index (Phi) is 13.8. The van der Waals surface area contributed by atoms with E-state index < -0.39 is 52.0 Å². The minimum Gasteiger partial charge on any atom is -0.448 e. The number of benzene rings is 5. The van der Waals surface area contributed by atoms with Crippen LogP contribution in [0.2, 0.25) is 0 Å². The third kappa shape index (κ3) is 9.41. The predicted octanol–water partition coefficient (Wildman–Crippen LogP) is 6.97. The number of hydrogen-bond acceptors (Lipinski definition) is 14. The van der Waals surface area contributed by atoms with E-state index in [2.05, 4.69) is 62.4 Å². The van der Waals surface area contributed by atoms with Gasteiger partial charge in [0.25, 0.3) is 11.8 Å². The first-order valence-corrected chi connectivity index (χ1v) is 24.3. The first kappa shape index (κ1) is 46.3. The smallest absolute Gasteiger partial charge is 0.356 e. The number of rotatable bonds is 16. The third-order valence-electron chi connectivity index (χ3n) is 11.4. The number of fused-ring (bicyclic) bond motifs is 1. The fourth-order valence-corrected chi connectivity index (χ4v) is 10.9. The van der Waals surface area contributed by atoms with Crippen LogP contribution >= 0.6 is 34.9 Å². The van der Waals surface area contributed by atoms with Crippen LogP contribution in [0.3, 0.4) is 0 Å². The number of carbonyl (C=O) groups excluding carboxylic acids is 3. The van der Waals surface area contributed by atoms with Gasteiger partial charge in [-0.05, 0) is 44.9 Å². The first-order chi connectivity index (χ1) is 33.7. The van der Waals surface area contributed by atoms with E-state index >= 15 is 0 Å². The molecular formula is C51H42N8O7S3. The number of aromatic nitrogens is 4. The normalized spacial score (nSPS) is 16.0. The van der Waals surface area contributed by atoms with Crippen molar-refractivity contribution in [3.05, 3.63) is 234 Å². The second-order valence-electron chi connectivity index (χ2n) is 15.6. The largest absolute Gasteiger partial charge is 0.448 e. The number of thiazole rings is 1. The summed E-state index contributed by atoms with van der Waals surface area (Å²) in [6.07, 6.45) is 0.815. The maximum absolute atomic E-state index is 14.6. The number of nitrogens with zero attached hydrogens (tertiary/aromatic N) is 5. The van der Waals surface area contributed by atoms with Gasteiger partial charge in [-0.2, -0.15) is 0 Å². The van der Waals surface area contributed by atoms with Crippen LogP contribution in [0.15, 0.2) is 200 Å². The number of nitrogens with one attached hydrogen (secondary N) is 3. The van der Waals surface area contributed by atoms with Crippen LogP contribution in [0.1, 0.15) is 39.6 Å². The molecule has 2 unspecified atom stereocenters. The molecule has 1 saturated heterocycles. The van der Waals surface area contributed by atoms with Crippen LogP contribution in [0, 0.1) is 0 Å². The summed E-state index contributed by atoms with van der Waals surface area (Å²) < 4.78 is 7.41. The Hall–Kier alpha value is -7.80. The topological polar surface area (TPSA) is 190 Å². The van der Waals surface area contributed by atoms with Crippen LogP contribution in [0.25, 0.3) is 0 Å². The molecule has 0 aliphatic carbocycles. The molecule has 9 rings (SSSR count). The molecule has 69 heavy (non-hydrogen) atoms. The van der Waals surface area contributed by atoms with Crippen molar-refractivity contribution < 1.29 is 24.0 Å². The molecule has 0 saturated carbocycles. The van der Waals surface area contributed by atoms with Crippen LogP contribution in [-0.2, 0) is 36.5 Å². The van der Waals surface area contributed by atoms with Gasteiger partial charge in [0.05, 0.1) is 0 Å². The standard InChI is InChI=1S/C51H42N8O7S3/c1-58-46(63)44(61)55-56-50(58)67-29-28-34-30-68-47-40(45(62)59(47)41(34)48(64)66-42(32-18-8-3-9-19-32)33-20-10-4-11-21-33)53-43(60)39(57-65-2)38-31-69-49(52-38)54-51(35-22-12-5-13-23-35,36-24-14-6-15-25-36)37-26-16-7-17-27-37/h3-29,31,40,42,47H,30H2,1-2H3,(H,52,54)(H,53,60)(H,55,61)/b29-28+,57-39+. The van der Waals surface area contributed by atoms with E-state index in [1.165, 1.54) is 42.2 Å². The quantitative estimate of drug-likeness (QED) is 0.0172. The molecule has 7 aromatic rings. The number of carbonyl (C=O) groups is 3. The molecule has 2 aliphatic rings. The van der Waals surface area contributed by atoms with E-state index in [-0.39, 0.29) is 28.0 Å². The van der Waals surface area contributed by atoms with Crippen LogP contribution in [0.5, 0.6) is 0 Å². The number of esters is 1. The number of β-lactam (4-membered cyclic amide) rings is 1. The number of ether oxygens (including phenoxy) is 1. The fraction of sp³-hybridized carbons (Fsp3) is 0.137. The molecular weight excluding hydrogens is 933 g/mol. The van der Waals surface area contributed by atoms with Gasteiger partial charge in [-0.25, -0.2) is 14.9 Å². The van der Waals surface area contributed by atoms with Crippen molar-refractivity contribution in [2.75, 3.05) is 18.2 Å². The molecule has 346 valence electrons. The number of oxime groups is 1. The van der Waals surface area contributed by atoms with Gasteiger partial charge in [-0.15, -0.1) is 28.2 Å². The fourth-order valence-electron chi connectivity index (χ4n) is 8.14. The Morgan fingerprint density at radius 3 is 1.94 bits per heavy atom. The summed E-state index contributed by atoms with van der Waals surface area (Å²) >= 11 is 3.65. The summed E-state index contributed by atoms with van der Waals surface area (Å²) in [5.74, 6) is -1.80. The van der Waals surface area contributed by atoms with Crippen LogP contribution in [-0.4, -0.2) is 72.4 Å². The van der Waals surface area contributed by atoms with Gasteiger partial charge in [-0.1, -0.05) is 169 Å². The average Bonchev–Trinajstić information content (AvgIpc) is 3.86. The highest BCUT2D eigenvalue weighted by molar-refractivity contribution is 8.02. The molecule has 2 amide bonds. The zero-order chi connectivity index (χ0) is 47.9. The molecule has 2 aromatic heterocycles. The molecule has 15 nitrogen and oxygen atoms in total. The van der Waals surface area contributed by atoms with E-state index in [1.54, 1.807) is 16.9 Å². The minimum atomic E-state index is -1.07. The Morgan fingerprint density at radius 1 is 0.841 bits per heavy atom. The number of H-pyrrole nitrogens is 1. The molecule has 3 N–H and O–H groups in total. The van der Waals surface area contributed by atoms with Crippen molar-refractivity contribution in [3.63, 3.8) is 0 Å². The summed E-state index contributed by atoms with van der Waals surface area (Å²) in [6, 6.07) is 47.5. The number of hydrogen-bond donors (Lipinski definition) is 3. The molecule has 4 heterocycles. The molecule has 0 spiro atoms. The Balaban J connectivity index is 0.997. The Bertz CT molecular complexity index is 3070. The highest BCUT2D eigenvalue weighted by atomic mass is 32.2. The first-order valence-electron chi connectivity index (χ1n) is 21.5.